The van der Waals surface area contributed by atoms with Gasteiger partial charge >= 0.3 is 5.97 Å². The molecule has 0 radical (unpaired) electrons. The maximum absolute atomic E-state index is 11.1. The Balaban J connectivity index is 2.48. The summed E-state index contributed by atoms with van der Waals surface area (Å²) in [5.74, 6) is -0.607. The monoisotopic (exact) mass is 231 g/mol. The number of aliphatic carboxylic acids is 1. The molecule has 0 aliphatic carbocycles. The van der Waals surface area contributed by atoms with Gasteiger partial charge in [0.1, 0.15) is 0 Å². The van der Waals surface area contributed by atoms with Crippen molar-refractivity contribution in [2.45, 2.75) is 19.8 Å². The van der Waals surface area contributed by atoms with Crippen LogP contribution in [0.5, 0.6) is 0 Å². The van der Waals surface area contributed by atoms with Crippen molar-refractivity contribution < 1.29 is 14.7 Å². The Labute approximate surface area is 93.8 Å². The fraction of sp³-hybridized carbons (Fsp3) is 0.800. The second-order valence-electron chi connectivity index (χ2n) is 3.85. The molecule has 2 atom stereocenters. The predicted molar refractivity (Wildman–Crippen MR) is 59.9 cm³/mol. The molecule has 5 heteroatoms. The lowest BCUT2D eigenvalue weighted by atomic mass is 9.87. The minimum Gasteiger partial charge on any atom is -0.481 e. The van der Waals surface area contributed by atoms with E-state index in [1.807, 2.05) is 0 Å². The zero-order chi connectivity index (χ0) is 11.3. The number of hydrogen-bond donors (Lipinski definition) is 2. The number of thioether (sulfide) groups is 1. The molecule has 1 aliphatic heterocycles. The Morgan fingerprint density at radius 2 is 2.33 bits per heavy atom. The lowest BCUT2D eigenvalue weighted by Gasteiger charge is -2.27. The third-order valence-electron chi connectivity index (χ3n) is 2.69. The van der Waals surface area contributed by atoms with Crippen LogP contribution in [0.1, 0.15) is 19.8 Å². The molecule has 1 saturated heterocycles. The van der Waals surface area contributed by atoms with Gasteiger partial charge in [0.25, 0.3) is 0 Å². The van der Waals surface area contributed by atoms with E-state index in [2.05, 4.69) is 5.32 Å². The molecule has 0 saturated carbocycles. The summed E-state index contributed by atoms with van der Waals surface area (Å²) in [7, 11) is 0. The second kappa shape index (κ2) is 6.12. The molecule has 0 spiro atoms. The number of hydrogen-bond acceptors (Lipinski definition) is 4. The normalized spacial score (nSPS) is 23.4. The molecule has 0 aromatic rings. The smallest absolute Gasteiger partial charge is 0.307 e. The van der Waals surface area contributed by atoms with Crippen LogP contribution in [0, 0.1) is 11.8 Å². The minimum atomic E-state index is -0.780. The summed E-state index contributed by atoms with van der Waals surface area (Å²) < 4.78 is 0. The average molecular weight is 231 g/mol. The number of nitrogens with one attached hydrogen (secondary N) is 1. The average Bonchev–Trinajstić information content (AvgIpc) is 2.18. The molecule has 2 unspecified atom stereocenters. The van der Waals surface area contributed by atoms with Gasteiger partial charge in [-0.25, -0.2) is 0 Å². The van der Waals surface area contributed by atoms with Gasteiger partial charge in [-0.3, -0.25) is 9.59 Å². The number of piperidine rings is 1. The van der Waals surface area contributed by atoms with Gasteiger partial charge in [0.2, 0.25) is 0 Å². The molecule has 1 heterocycles. The molecule has 0 aromatic carbocycles. The first-order valence-electron chi connectivity index (χ1n) is 5.18. The molecule has 0 bridgehead atoms. The van der Waals surface area contributed by atoms with Crippen molar-refractivity contribution >= 4 is 22.8 Å². The summed E-state index contributed by atoms with van der Waals surface area (Å²) in [5.41, 5.74) is 0. The van der Waals surface area contributed by atoms with E-state index in [1.165, 1.54) is 6.92 Å². The first kappa shape index (κ1) is 12.5. The Kier molecular flexibility index (Phi) is 5.11. The van der Waals surface area contributed by atoms with Gasteiger partial charge in [0.15, 0.2) is 5.12 Å². The van der Waals surface area contributed by atoms with E-state index in [9.17, 15) is 9.59 Å². The van der Waals surface area contributed by atoms with E-state index in [4.69, 9.17) is 5.11 Å². The highest BCUT2D eigenvalue weighted by atomic mass is 32.2. The third kappa shape index (κ3) is 4.22. The van der Waals surface area contributed by atoms with E-state index in [0.29, 0.717) is 5.75 Å². The summed E-state index contributed by atoms with van der Waals surface area (Å²) in [5, 5.41) is 12.3. The Hall–Kier alpha value is -0.550. The topological polar surface area (TPSA) is 66.4 Å². The van der Waals surface area contributed by atoms with E-state index >= 15 is 0 Å². The van der Waals surface area contributed by atoms with Crippen LogP contribution in [0.4, 0.5) is 0 Å². The zero-order valence-electron chi connectivity index (χ0n) is 8.86. The minimum absolute atomic E-state index is 0.00924. The number of carboxylic acids is 1. The van der Waals surface area contributed by atoms with Gasteiger partial charge in [-0.1, -0.05) is 11.8 Å². The van der Waals surface area contributed by atoms with Gasteiger partial charge in [0.05, 0.1) is 5.92 Å². The van der Waals surface area contributed by atoms with Crippen LogP contribution in [0.25, 0.3) is 0 Å². The Morgan fingerprint density at radius 1 is 1.60 bits per heavy atom. The SMILES string of the molecule is CC(=O)SCC(C(=O)O)C1CCCNC1. The Morgan fingerprint density at radius 3 is 2.80 bits per heavy atom. The summed E-state index contributed by atoms with van der Waals surface area (Å²) in [6.45, 7) is 3.21. The highest BCUT2D eigenvalue weighted by Gasteiger charge is 2.29. The molecule has 86 valence electrons. The maximum Gasteiger partial charge on any atom is 0.307 e. The first-order chi connectivity index (χ1) is 7.11. The van der Waals surface area contributed by atoms with E-state index in [0.717, 1.165) is 37.7 Å². The maximum atomic E-state index is 11.1. The fourth-order valence-corrected chi connectivity index (χ4v) is 2.67. The van der Waals surface area contributed by atoms with Crippen LogP contribution < -0.4 is 5.32 Å². The first-order valence-corrected chi connectivity index (χ1v) is 6.16. The third-order valence-corrected chi connectivity index (χ3v) is 3.62. The summed E-state index contributed by atoms with van der Waals surface area (Å²) in [6, 6.07) is 0. The number of carbonyl (C=O) groups excluding carboxylic acids is 1. The van der Waals surface area contributed by atoms with Crippen molar-refractivity contribution in [3.63, 3.8) is 0 Å². The summed E-state index contributed by atoms with van der Waals surface area (Å²) in [4.78, 5) is 21.9. The van der Waals surface area contributed by atoms with Crippen LogP contribution in [0.3, 0.4) is 0 Å². The van der Waals surface area contributed by atoms with Crippen molar-refractivity contribution in [3.8, 4) is 0 Å². The van der Waals surface area contributed by atoms with Crippen LogP contribution in [-0.4, -0.2) is 35.0 Å². The van der Waals surface area contributed by atoms with Gasteiger partial charge < -0.3 is 10.4 Å². The lowest BCUT2D eigenvalue weighted by Crippen LogP contribution is -2.38. The van der Waals surface area contributed by atoms with Gasteiger partial charge in [0, 0.05) is 12.7 Å². The largest absolute Gasteiger partial charge is 0.481 e. The highest BCUT2D eigenvalue weighted by Crippen LogP contribution is 2.24. The standard InChI is InChI=1S/C10H17NO3S/c1-7(12)15-6-9(10(13)14)8-3-2-4-11-5-8/h8-9,11H,2-6H2,1H3,(H,13,14). The molecule has 1 aliphatic rings. The number of rotatable bonds is 4. The molecule has 2 N–H and O–H groups in total. The quantitative estimate of drug-likeness (QED) is 0.754. The van der Waals surface area contributed by atoms with Crippen LogP contribution in [0.2, 0.25) is 0 Å². The Bertz CT molecular complexity index is 239. The molecule has 4 nitrogen and oxygen atoms in total. The summed E-state index contributed by atoms with van der Waals surface area (Å²) in [6.07, 6.45) is 1.97. The van der Waals surface area contributed by atoms with Gasteiger partial charge in [-0.05, 0) is 31.8 Å². The lowest BCUT2D eigenvalue weighted by molar-refractivity contribution is -0.142. The van der Waals surface area contributed by atoms with Crippen LogP contribution >= 0.6 is 11.8 Å². The van der Waals surface area contributed by atoms with Crippen LogP contribution in [-0.2, 0) is 9.59 Å². The van der Waals surface area contributed by atoms with Crippen molar-refractivity contribution in [1.29, 1.82) is 0 Å². The van der Waals surface area contributed by atoms with E-state index in [1.54, 1.807) is 0 Å². The van der Waals surface area contributed by atoms with Gasteiger partial charge in [-0.15, -0.1) is 0 Å². The molecule has 15 heavy (non-hydrogen) atoms. The highest BCUT2D eigenvalue weighted by molar-refractivity contribution is 8.13. The van der Waals surface area contributed by atoms with Crippen molar-refractivity contribution in [2.75, 3.05) is 18.8 Å². The van der Waals surface area contributed by atoms with Crippen molar-refractivity contribution in [3.05, 3.63) is 0 Å². The summed E-state index contributed by atoms with van der Waals surface area (Å²) >= 11 is 1.11. The van der Waals surface area contributed by atoms with Crippen molar-refractivity contribution in [1.82, 2.24) is 5.32 Å². The molecular weight excluding hydrogens is 214 g/mol. The van der Waals surface area contributed by atoms with Crippen LogP contribution in [0.15, 0.2) is 0 Å². The molecule has 1 fully saturated rings. The van der Waals surface area contributed by atoms with Gasteiger partial charge in [-0.2, -0.15) is 0 Å². The number of carbonyl (C=O) groups is 2. The number of carboxylic acid groups (broad SMARTS) is 1. The molecule has 1 rings (SSSR count). The predicted octanol–water partition coefficient (Wildman–Crippen LogP) is 0.966. The van der Waals surface area contributed by atoms with E-state index in [-0.39, 0.29) is 11.0 Å². The van der Waals surface area contributed by atoms with Crippen molar-refractivity contribution in [2.24, 2.45) is 11.8 Å². The fourth-order valence-electron chi connectivity index (χ4n) is 1.84. The molecular formula is C10H17NO3S. The zero-order valence-corrected chi connectivity index (χ0v) is 9.68. The second-order valence-corrected chi connectivity index (χ2v) is 5.05. The molecule has 0 amide bonds. The van der Waals surface area contributed by atoms with E-state index < -0.39 is 11.9 Å². The molecule has 0 aromatic heterocycles.